The zero-order chi connectivity index (χ0) is 17.2. The van der Waals surface area contributed by atoms with Gasteiger partial charge in [0.1, 0.15) is 0 Å². The molecular formula is C17H25N5O2. The lowest BCUT2D eigenvalue weighted by atomic mass is 9.97. The third-order valence-electron chi connectivity index (χ3n) is 4.74. The van der Waals surface area contributed by atoms with E-state index < -0.39 is 5.54 Å². The third kappa shape index (κ3) is 3.36. The van der Waals surface area contributed by atoms with Crippen LogP contribution < -0.4 is 10.6 Å². The van der Waals surface area contributed by atoms with Gasteiger partial charge in [0.05, 0.1) is 18.2 Å². The minimum atomic E-state index is -0.562. The molecule has 0 saturated heterocycles. The number of carbonyl (C=O) groups excluding carboxylic acids is 1. The Labute approximate surface area is 141 Å². The van der Waals surface area contributed by atoms with E-state index >= 15 is 0 Å². The van der Waals surface area contributed by atoms with Crippen molar-refractivity contribution in [3.8, 4) is 0 Å². The second-order valence-electron chi connectivity index (χ2n) is 6.78. The molecule has 2 amide bonds. The van der Waals surface area contributed by atoms with Crippen LogP contribution in [0, 0.1) is 5.92 Å². The number of aliphatic hydroxyl groups excluding tert-OH is 1. The maximum atomic E-state index is 12.5. The summed E-state index contributed by atoms with van der Waals surface area (Å²) in [6.07, 6.45) is 5.67. The van der Waals surface area contributed by atoms with Gasteiger partial charge in [0.2, 0.25) is 0 Å². The Bertz CT molecular complexity index is 712. The van der Waals surface area contributed by atoms with Crippen molar-refractivity contribution in [1.29, 1.82) is 0 Å². The first kappa shape index (κ1) is 16.7. The van der Waals surface area contributed by atoms with E-state index in [0.717, 1.165) is 37.2 Å². The van der Waals surface area contributed by atoms with Gasteiger partial charge in [0, 0.05) is 6.20 Å². The second-order valence-corrected chi connectivity index (χ2v) is 6.78. The monoisotopic (exact) mass is 331 g/mol. The molecule has 0 aliphatic heterocycles. The molecule has 3 rings (SSSR count). The summed E-state index contributed by atoms with van der Waals surface area (Å²) >= 11 is 0. The highest BCUT2D eigenvalue weighted by atomic mass is 16.3. The number of amides is 2. The van der Waals surface area contributed by atoms with E-state index in [1.807, 2.05) is 35.7 Å². The van der Waals surface area contributed by atoms with Crippen molar-refractivity contribution in [2.24, 2.45) is 5.92 Å². The first-order chi connectivity index (χ1) is 11.6. The van der Waals surface area contributed by atoms with Crippen LogP contribution in [0.2, 0.25) is 0 Å². The molecule has 3 N–H and O–H groups in total. The summed E-state index contributed by atoms with van der Waals surface area (Å²) in [5.41, 5.74) is 0.197. The smallest absolute Gasteiger partial charge is 0.315 e. The van der Waals surface area contributed by atoms with Gasteiger partial charge in [0.25, 0.3) is 0 Å². The summed E-state index contributed by atoms with van der Waals surface area (Å²) in [7, 11) is 0. The van der Waals surface area contributed by atoms with Crippen LogP contribution in [0.3, 0.4) is 0 Å². The number of hydrogen-bond acceptors (Lipinski definition) is 4. The van der Waals surface area contributed by atoms with Crippen LogP contribution in [0.25, 0.3) is 5.65 Å². The van der Waals surface area contributed by atoms with E-state index in [1.165, 1.54) is 0 Å². The molecule has 0 aromatic carbocycles. The number of urea groups is 1. The average Bonchev–Trinajstić information content (AvgIpc) is 3.35. The Kier molecular flexibility index (Phi) is 4.71. The number of aromatic nitrogens is 3. The van der Waals surface area contributed by atoms with Crippen molar-refractivity contribution in [3.63, 3.8) is 0 Å². The molecule has 2 atom stereocenters. The number of pyridine rings is 1. The molecule has 2 aromatic rings. The number of rotatable bonds is 7. The summed E-state index contributed by atoms with van der Waals surface area (Å²) in [6.45, 7) is 3.90. The summed E-state index contributed by atoms with van der Waals surface area (Å²) in [5.74, 6) is 1.08. The van der Waals surface area contributed by atoms with Crippen LogP contribution in [0.15, 0.2) is 24.4 Å². The van der Waals surface area contributed by atoms with Crippen LogP contribution >= 0.6 is 0 Å². The molecule has 130 valence electrons. The van der Waals surface area contributed by atoms with Gasteiger partial charge in [0.15, 0.2) is 11.5 Å². The molecule has 0 radical (unpaired) electrons. The zero-order valence-corrected chi connectivity index (χ0v) is 14.2. The molecule has 24 heavy (non-hydrogen) atoms. The zero-order valence-electron chi connectivity index (χ0n) is 14.2. The van der Waals surface area contributed by atoms with Crippen molar-refractivity contribution in [1.82, 2.24) is 25.2 Å². The third-order valence-corrected chi connectivity index (χ3v) is 4.74. The Morgan fingerprint density at radius 1 is 1.46 bits per heavy atom. The molecule has 1 fully saturated rings. The number of aliphatic hydroxyl groups is 1. The highest BCUT2D eigenvalue weighted by molar-refractivity contribution is 5.75. The van der Waals surface area contributed by atoms with Gasteiger partial charge in [-0.2, -0.15) is 0 Å². The van der Waals surface area contributed by atoms with Gasteiger partial charge in [-0.15, -0.1) is 10.2 Å². The predicted octanol–water partition coefficient (Wildman–Crippen LogP) is 2.03. The van der Waals surface area contributed by atoms with E-state index in [1.54, 1.807) is 0 Å². The molecule has 0 spiro atoms. The Morgan fingerprint density at radius 3 is 2.92 bits per heavy atom. The average molecular weight is 331 g/mol. The normalized spacial score (nSPS) is 18.1. The van der Waals surface area contributed by atoms with Gasteiger partial charge in [-0.3, -0.25) is 4.40 Å². The predicted molar refractivity (Wildman–Crippen MR) is 90.5 cm³/mol. The van der Waals surface area contributed by atoms with E-state index in [-0.39, 0.29) is 18.7 Å². The SMILES string of the molecule is CCCC(NC(=O)NC(C)(CO)C1CC1)c1nnc2ccccn12. The molecule has 7 nitrogen and oxygen atoms in total. The Balaban J connectivity index is 1.75. The maximum absolute atomic E-state index is 12.5. The molecule has 2 aromatic heterocycles. The molecule has 0 bridgehead atoms. The first-order valence-corrected chi connectivity index (χ1v) is 8.56. The molecule has 1 aliphatic carbocycles. The number of nitrogens with zero attached hydrogens (tertiary/aromatic N) is 3. The van der Waals surface area contributed by atoms with Crippen LogP contribution in [-0.2, 0) is 0 Å². The maximum Gasteiger partial charge on any atom is 0.315 e. The molecule has 7 heteroatoms. The van der Waals surface area contributed by atoms with Crippen LogP contribution in [-0.4, -0.2) is 37.9 Å². The fourth-order valence-electron chi connectivity index (χ4n) is 3.10. The van der Waals surface area contributed by atoms with Gasteiger partial charge in [-0.05, 0) is 44.2 Å². The van der Waals surface area contributed by atoms with Crippen molar-refractivity contribution >= 4 is 11.7 Å². The lowest BCUT2D eigenvalue weighted by Gasteiger charge is -2.30. The number of fused-ring (bicyclic) bond motifs is 1. The van der Waals surface area contributed by atoms with Crippen LogP contribution in [0.4, 0.5) is 4.79 Å². The highest BCUT2D eigenvalue weighted by Gasteiger charge is 2.42. The minimum absolute atomic E-state index is 0.0581. The van der Waals surface area contributed by atoms with Gasteiger partial charge < -0.3 is 15.7 Å². The summed E-state index contributed by atoms with van der Waals surface area (Å²) in [4.78, 5) is 12.5. The summed E-state index contributed by atoms with van der Waals surface area (Å²) in [6, 6.07) is 5.21. The lowest BCUT2D eigenvalue weighted by molar-refractivity contribution is 0.153. The highest BCUT2D eigenvalue weighted by Crippen LogP contribution is 2.39. The standard InChI is InChI=1S/C17H25N5O2/c1-3-6-13(15-21-20-14-7-4-5-10-22(14)15)18-16(24)19-17(2,11-23)12-8-9-12/h4-5,7,10,12-13,23H,3,6,8-9,11H2,1-2H3,(H2,18,19,24). The Hall–Kier alpha value is -2.15. The van der Waals surface area contributed by atoms with Crippen molar-refractivity contribution < 1.29 is 9.90 Å². The topological polar surface area (TPSA) is 91.5 Å². The number of nitrogens with one attached hydrogen (secondary N) is 2. The quantitative estimate of drug-likeness (QED) is 0.724. The van der Waals surface area contributed by atoms with E-state index in [2.05, 4.69) is 27.8 Å². The fourth-order valence-corrected chi connectivity index (χ4v) is 3.10. The lowest BCUT2D eigenvalue weighted by Crippen LogP contribution is -2.54. The fraction of sp³-hybridized carbons (Fsp3) is 0.588. The van der Waals surface area contributed by atoms with Crippen LogP contribution in [0.1, 0.15) is 51.4 Å². The van der Waals surface area contributed by atoms with Crippen molar-refractivity contribution in [2.75, 3.05) is 6.61 Å². The molecule has 2 heterocycles. The summed E-state index contributed by atoms with van der Waals surface area (Å²) in [5, 5.41) is 24.0. The molecule has 2 unspecified atom stereocenters. The van der Waals surface area contributed by atoms with Gasteiger partial charge in [-0.1, -0.05) is 19.4 Å². The number of hydrogen-bond donors (Lipinski definition) is 3. The molecule has 1 aliphatic rings. The first-order valence-electron chi connectivity index (χ1n) is 8.56. The number of carbonyl (C=O) groups is 1. The Morgan fingerprint density at radius 2 is 2.25 bits per heavy atom. The largest absolute Gasteiger partial charge is 0.394 e. The van der Waals surface area contributed by atoms with Gasteiger partial charge in [-0.25, -0.2) is 4.79 Å². The van der Waals surface area contributed by atoms with Crippen molar-refractivity contribution in [3.05, 3.63) is 30.2 Å². The van der Waals surface area contributed by atoms with E-state index in [0.29, 0.717) is 5.92 Å². The van der Waals surface area contributed by atoms with Gasteiger partial charge >= 0.3 is 6.03 Å². The van der Waals surface area contributed by atoms with E-state index in [9.17, 15) is 9.90 Å². The minimum Gasteiger partial charge on any atom is -0.394 e. The van der Waals surface area contributed by atoms with E-state index in [4.69, 9.17) is 0 Å². The van der Waals surface area contributed by atoms with Crippen LogP contribution in [0.5, 0.6) is 0 Å². The molecular weight excluding hydrogens is 306 g/mol. The van der Waals surface area contributed by atoms with Crippen molar-refractivity contribution in [2.45, 2.75) is 51.1 Å². The second kappa shape index (κ2) is 6.76. The summed E-state index contributed by atoms with van der Waals surface area (Å²) < 4.78 is 1.90. The molecule has 1 saturated carbocycles.